The van der Waals surface area contributed by atoms with Crippen molar-refractivity contribution in [1.82, 2.24) is 0 Å². The van der Waals surface area contributed by atoms with Gasteiger partial charge in [0.1, 0.15) is 11.6 Å². The van der Waals surface area contributed by atoms with Gasteiger partial charge in [-0.3, -0.25) is 0 Å². The molecule has 2 unspecified atom stereocenters. The molecule has 2 aliphatic carbocycles. The van der Waals surface area contributed by atoms with Crippen LogP contribution in [0.5, 0.6) is 0 Å². The largest absolute Gasteiger partial charge is 0.206 e. The normalized spacial score (nSPS) is 25.6. The molecule has 2 aliphatic rings. The predicted molar refractivity (Wildman–Crippen MR) is 132 cm³/mol. The Kier molecular flexibility index (Phi) is 8.02. The van der Waals surface area contributed by atoms with Crippen LogP contribution in [0.1, 0.15) is 101 Å². The van der Waals surface area contributed by atoms with Crippen LogP contribution in [0.15, 0.2) is 36.9 Å². The topological polar surface area (TPSA) is 0 Å². The van der Waals surface area contributed by atoms with Crippen molar-refractivity contribution in [2.24, 2.45) is 17.8 Å². The van der Waals surface area contributed by atoms with Crippen molar-refractivity contribution in [1.29, 1.82) is 0 Å². The molecule has 2 saturated carbocycles. The second-order valence-corrected chi connectivity index (χ2v) is 10.5. The third-order valence-corrected chi connectivity index (χ3v) is 8.39. The molecule has 2 aromatic rings. The van der Waals surface area contributed by atoms with Crippen molar-refractivity contribution in [3.63, 3.8) is 0 Å². The summed E-state index contributed by atoms with van der Waals surface area (Å²) in [5, 5.41) is 0.866. The van der Waals surface area contributed by atoms with Gasteiger partial charge in [-0.05, 0) is 91.2 Å². The van der Waals surface area contributed by atoms with Gasteiger partial charge in [-0.25, -0.2) is 8.78 Å². The van der Waals surface area contributed by atoms with Crippen molar-refractivity contribution in [3.8, 4) is 0 Å². The average molecular weight is 439 g/mol. The summed E-state index contributed by atoms with van der Waals surface area (Å²) in [4.78, 5) is 0. The quantitative estimate of drug-likeness (QED) is 0.270. The van der Waals surface area contributed by atoms with Crippen molar-refractivity contribution in [2.45, 2.75) is 96.3 Å². The van der Waals surface area contributed by atoms with Crippen molar-refractivity contribution >= 4 is 10.8 Å². The highest BCUT2D eigenvalue weighted by atomic mass is 19.1. The SMILES string of the molecule is C=CCCc1ccc2cc([C@@H]3CC[C@@H]4CC(CCCCCC)CCC4C3)cc(F)c2c1F. The van der Waals surface area contributed by atoms with Gasteiger partial charge in [0.2, 0.25) is 0 Å². The lowest BCUT2D eigenvalue weighted by molar-refractivity contribution is 0.113. The summed E-state index contributed by atoms with van der Waals surface area (Å²) < 4.78 is 30.0. The van der Waals surface area contributed by atoms with E-state index in [0.717, 1.165) is 29.7 Å². The number of benzene rings is 2. The van der Waals surface area contributed by atoms with E-state index in [1.54, 1.807) is 12.1 Å². The minimum absolute atomic E-state index is 0.160. The van der Waals surface area contributed by atoms with Gasteiger partial charge >= 0.3 is 0 Å². The van der Waals surface area contributed by atoms with Gasteiger partial charge < -0.3 is 0 Å². The average Bonchev–Trinajstić information content (AvgIpc) is 2.80. The van der Waals surface area contributed by atoms with Gasteiger partial charge in [-0.1, -0.05) is 69.7 Å². The van der Waals surface area contributed by atoms with E-state index in [9.17, 15) is 4.39 Å². The summed E-state index contributed by atoms with van der Waals surface area (Å²) in [6.07, 6.45) is 17.7. The van der Waals surface area contributed by atoms with Gasteiger partial charge in [0, 0.05) is 0 Å². The van der Waals surface area contributed by atoms with E-state index in [1.165, 1.54) is 64.2 Å². The van der Waals surface area contributed by atoms with Gasteiger partial charge in [0.25, 0.3) is 0 Å². The maximum absolute atomic E-state index is 15.1. The molecule has 174 valence electrons. The standard InChI is InChI=1S/C30H40F2/c1-3-5-7-8-9-21-11-12-24-18-25(15-14-23(24)17-21)27-19-26-16-13-22(10-6-4-2)30(32)29(26)28(31)20-27/h4,13,16,19-21,23-25H,2-3,5-12,14-15,17-18H2,1H3/t21?,23-,24?,25-/m1/s1. The number of halogens is 2. The lowest BCUT2D eigenvalue weighted by atomic mass is 9.63. The summed E-state index contributed by atoms with van der Waals surface area (Å²) in [5.74, 6) is 2.22. The van der Waals surface area contributed by atoms with E-state index < -0.39 is 11.6 Å². The molecule has 2 fully saturated rings. The molecular weight excluding hydrogens is 398 g/mol. The summed E-state index contributed by atoms with van der Waals surface area (Å²) in [6.45, 7) is 5.99. The third-order valence-electron chi connectivity index (χ3n) is 8.39. The number of rotatable bonds is 9. The Hall–Kier alpha value is -1.70. The second-order valence-electron chi connectivity index (χ2n) is 10.5. The molecule has 0 N–H and O–H groups in total. The van der Waals surface area contributed by atoms with Crippen LogP contribution in [0, 0.1) is 29.4 Å². The van der Waals surface area contributed by atoms with Crippen LogP contribution in [0.3, 0.4) is 0 Å². The minimum atomic E-state index is -0.395. The molecule has 0 heterocycles. The first-order valence-corrected chi connectivity index (χ1v) is 13.1. The first kappa shape index (κ1) is 23.5. The molecule has 0 spiro atoms. The molecule has 0 bridgehead atoms. The molecule has 2 aromatic carbocycles. The Morgan fingerprint density at radius 1 is 0.969 bits per heavy atom. The predicted octanol–water partition coefficient (Wildman–Crippen LogP) is 9.51. The second kappa shape index (κ2) is 10.9. The highest BCUT2D eigenvalue weighted by molar-refractivity contribution is 5.85. The van der Waals surface area contributed by atoms with E-state index in [0.29, 0.717) is 29.7 Å². The number of aryl methyl sites for hydroxylation is 1. The lowest BCUT2D eigenvalue weighted by Crippen LogP contribution is -2.30. The number of allylic oxidation sites excluding steroid dienone is 1. The summed E-state index contributed by atoms with van der Waals surface area (Å²) in [6, 6.07) is 7.41. The molecule has 0 aliphatic heterocycles. The monoisotopic (exact) mass is 438 g/mol. The maximum Gasteiger partial charge on any atom is 0.137 e. The van der Waals surface area contributed by atoms with E-state index in [2.05, 4.69) is 19.6 Å². The fourth-order valence-corrected chi connectivity index (χ4v) is 6.53. The molecule has 4 atom stereocenters. The first-order chi connectivity index (χ1) is 15.6. The number of hydrogen-bond donors (Lipinski definition) is 0. The van der Waals surface area contributed by atoms with E-state index in [4.69, 9.17) is 0 Å². The summed E-state index contributed by atoms with van der Waals surface area (Å²) in [7, 11) is 0. The number of hydrogen-bond acceptors (Lipinski definition) is 0. The van der Waals surface area contributed by atoms with Crippen LogP contribution in [-0.4, -0.2) is 0 Å². The molecule has 0 aromatic heterocycles. The summed E-state index contributed by atoms with van der Waals surface area (Å²) in [5.41, 5.74) is 1.66. The molecule has 2 heteroatoms. The molecule has 0 radical (unpaired) electrons. The fraction of sp³-hybridized carbons (Fsp3) is 0.600. The lowest BCUT2D eigenvalue weighted by Gasteiger charge is -2.42. The molecule has 32 heavy (non-hydrogen) atoms. The van der Waals surface area contributed by atoms with Crippen LogP contribution < -0.4 is 0 Å². The Labute approximate surface area is 193 Å². The molecular formula is C30H40F2. The zero-order chi connectivity index (χ0) is 22.5. The Morgan fingerprint density at radius 2 is 1.78 bits per heavy atom. The van der Waals surface area contributed by atoms with E-state index in [-0.39, 0.29) is 5.39 Å². The van der Waals surface area contributed by atoms with Crippen molar-refractivity contribution in [3.05, 3.63) is 59.7 Å². The minimum Gasteiger partial charge on any atom is -0.206 e. The van der Waals surface area contributed by atoms with Crippen LogP contribution >= 0.6 is 0 Å². The summed E-state index contributed by atoms with van der Waals surface area (Å²) >= 11 is 0. The van der Waals surface area contributed by atoms with E-state index in [1.807, 2.05) is 12.1 Å². The zero-order valence-electron chi connectivity index (χ0n) is 19.9. The smallest absolute Gasteiger partial charge is 0.137 e. The van der Waals surface area contributed by atoms with Crippen LogP contribution in [-0.2, 0) is 6.42 Å². The first-order valence-electron chi connectivity index (χ1n) is 13.1. The van der Waals surface area contributed by atoms with Crippen LogP contribution in [0.25, 0.3) is 10.8 Å². The highest BCUT2D eigenvalue weighted by Gasteiger charge is 2.36. The molecule has 4 rings (SSSR count). The number of fused-ring (bicyclic) bond motifs is 2. The molecule has 0 nitrogen and oxygen atoms in total. The van der Waals surface area contributed by atoms with Crippen LogP contribution in [0.4, 0.5) is 8.78 Å². The van der Waals surface area contributed by atoms with E-state index >= 15 is 4.39 Å². The number of unbranched alkanes of at least 4 members (excludes halogenated alkanes) is 3. The third kappa shape index (κ3) is 5.26. The van der Waals surface area contributed by atoms with Crippen LogP contribution in [0.2, 0.25) is 0 Å². The zero-order valence-corrected chi connectivity index (χ0v) is 19.9. The Morgan fingerprint density at radius 3 is 2.59 bits per heavy atom. The van der Waals surface area contributed by atoms with Gasteiger partial charge in [-0.2, -0.15) is 0 Å². The Bertz CT molecular complexity index is 915. The van der Waals surface area contributed by atoms with Gasteiger partial charge in [0.05, 0.1) is 5.39 Å². The van der Waals surface area contributed by atoms with Crippen molar-refractivity contribution < 1.29 is 8.78 Å². The van der Waals surface area contributed by atoms with Crippen molar-refractivity contribution in [2.75, 3.05) is 0 Å². The fourth-order valence-electron chi connectivity index (χ4n) is 6.53. The maximum atomic E-state index is 15.1. The van der Waals surface area contributed by atoms with Gasteiger partial charge in [0.15, 0.2) is 0 Å². The van der Waals surface area contributed by atoms with Gasteiger partial charge in [-0.15, -0.1) is 6.58 Å². The molecule has 0 amide bonds. The molecule has 0 saturated heterocycles. The Balaban J connectivity index is 1.42. The highest BCUT2D eigenvalue weighted by Crippen LogP contribution is 2.49.